The monoisotopic (exact) mass is 302 g/mol. The van der Waals surface area contributed by atoms with E-state index >= 15 is 0 Å². The predicted molar refractivity (Wildman–Crippen MR) is 74.6 cm³/mol. The maximum atomic E-state index is 10.4. The number of aliphatic hydroxyl groups is 1. The van der Waals surface area contributed by atoms with Gasteiger partial charge in [-0.3, -0.25) is 9.36 Å². The van der Waals surface area contributed by atoms with Gasteiger partial charge in [0, 0.05) is 26.1 Å². The Morgan fingerprint density at radius 3 is 2.11 bits per heavy atom. The molecule has 1 atom stereocenters. The molecular weight excluding hydrogens is 287 g/mol. The van der Waals surface area contributed by atoms with Gasteiger partial charge in [-0.1, -0.05) is 23.2 Å². The third kappa shape index (κ3) is 2.50. The van der Waals surface area contributed by atoms with Crippen molar-refractivity contribution >= 4 is 23.2 Å². The van der Waals surface area contributed by atoms with Crippen molar-refractivity contribution in [1.29, 1.82) is 0 Å². The number of aliphatic hydroxyl groups excluding tert-OH is 1. The summed E-state index contributed by atoms with van der Waals surface area (Å²) in [5, 5.41) is 19.8. The van der Waals surface area contributed by atoms with Crippen molar-refractivity contribution in [1.82, 2.24) is 19.6 Å². The van der Waals surface area contributed by atoms with Crippen LogP contribution in [0.3, 0.4) is 0 Å². The molecule has 0 bridgehead atoms. The van der Waals surface area contributed by atoms with Crippen LogP contribution in [-0.4, -0.2) is 24.7 Å². The quantitative estimate of drug-likeness (QED) is 0.947. The second-order valence-electron chi connectivity index (χ2n) is 4.60. The van der Waals surface area contributed by atoms with Gasteiger partial charge in [-0.25, -0.2) is 0 Å². The molecule has 5 nitrogen and oxygen atoms in total. The van der Waals surface area contributed by atoms with Crippen LogP contribution in [-0.2, 0) is 20.5 Å². The first-order chi connectivity index (χ1) is 8.82. The fourth-order valence-corrected chi connectivity index (χ4v) is 2.75. The minimum atomic E-state index is -0.756. The van der Waals surface area contributed by atoms with E-state index in [9.17, 15) is 5.11 Å². The molecule has 0 radical (unpaired) electrons. The normalized spacial score (nSPS) is 13.0. The number of aryl methyl sites for hydroxylation is 4. The molecule has 0 aliphatic carbocycles. The Morgan fingerprint density at radius 2 is 1.68 bits per heavy atom. The van der Waals surface area contributed by atoms with E-state index in [2.05, 4.69) is 10.2 Å². The maximum Gasteiger partial charge on any atom is 0.132 e. The van der Waals surface area contributed by atoms with Crippen molar-refractivity contribution in [3.05, 3.63) is 32.8 Å². The summed E-state index contributed by atoms with van der Waals surface area (Å²) < 4.78 is 3.23. The van der Waals surface area contributed by atoms with Crippen LogP contribution in [0.5, 0.6) is 0 Å². The Labute approximate surface area is 121 Å². The van der Waals surface area contributed by atoms with Crippen molar-refractivity contribution in [2.45, 2.75) is 26.4 Å². The fourth-order valence-electron chi connectivity index (χ4n) is 2.21. The number of hydrogen-bond donors (Lipinski definition) is 1. The van der Waals surface area contributed by atoms with Crippen molar-refractivity contribution in [3.8, 4) is 0 Å². The second kappa shape index (κ2) is 5.15. The van der Waals surface area contributed by atoms with Gasteiger partial charge in [0.2, 0.25) is 0 Å². The number of halogens is 2. The molecule has 0 spiro atoms. The molecule has 2 heterocycles. The first kappa shape index (κ1) is 14.4. The van der Waals surface area contributed by atoms with Gasteiger partial charge in [0.05, 0.1) is 28.2 Å². The smallest absolute Gasteiger partial charge is 0.132 e. The van der Waals surface area contributed by atoms with Gasteiger partial charge in [-0.15, -0.1) is 0 Å². The number of nitrogens with zero attached hydrogens (tertiary/aromatic N) is 4. The summed E-state index contributed by atoms with van der Waals surface area (Å²) >= 11 is 12.3. The highest BCUT2D eigenvalue weighted by Gasteiger charge is 2.22. The minimum absolute atomic E-state index is 0.350. The highest BCUT2D eigenvalue weighted by atomic mass is 35.5. The van der Waals surface area contributed by atoms with Crippen LogP contribution in [0.4, 0.5) is 0 Å². The van der Waals surface area contributed by atoms with Gasteiger partial charge in [-0.2, -0.15) is 10.2 Å². The molecule has 2 aromatic rings. The van der Waals surface area contributed by atoms with Crippen LogP contribution >= 0.6 is 23.2 Å². The van der Waals surface area contributed by atoms with Gasteiger partial charge >= 0.3 is 0 Å². The summed E-state index contributed by atoms with van der Waals surface area (Å²) in [4.78, 5) is 0. The lowest BCUT2D eigenvalue weighted by atomic mass is 10.1. The largest absolute Gasteiger partial charge is 0.388 e. The van der Waals surface area contributed by atoms with Crippen LogP contribution < -0.4 is 0 Å². The molecule has 104 valence electrons. The first-order valence-corrected chi connectivity index (χ1v) is 6.63. The lowest BCUT2D eigenvalue weighted by Crippen LogP contribution is -2.08. The van der Waals surface area contributed by atoms with E-state index in [0.29, 0.717) is 22.2 Å². The molecule has 0 aliphatic rings. The van der Waals surface area contributed by atoms with Crippen LogP contribution in [0.25, 0.3) is 0 Å². The van der Waals surface area contributed by atoms with Crippen molar-refractivity contribution < 1.29 is 5.11 Å². The average Bonchev–Trinajstić information content (AvgIpc) is 2.70. The summed E-state index contributed by atoms with van der Waals surface area (Å²) in [5.41, 5.74) is 2.89. The molecule has 0 saturated heterocycles. The summed E-state index contributed by atoms with van der Waals surface area (Å²) in [6.45, 7) is 3.65. The average molecular weight is 303 g/mol. The van der Waals surface area contributed by atoms with E-state index in [1.807, 2.05) is 13.8 Å². The molecule has 0 saturated carbocycles. The zero-order valence-corrected chi connectivity index (χ0v) is 12.8. The molecule has 1 unspecified atom stereocenters. The Morgan fingerprint density at radius 1 is 1.11 bits per heavy atom. The van der Waals surface area contributed by atoms with Gasteiger partial charge in [0.25, 0.3) is 0 Å². The summed E-state index contributed by atoms with van der Waals surface area (Å²) in [7, 11) is 3.55. The number of aromatic nitrogens is 4. The number of hydrogen-bond acceptors (Lipinski definition) is 3. The summed E-state index contributed by atoms with van der Waals surface area (Å²) in [6, 6.07) is 0. The molecule has 19 heavy (non-hydrogen) atoms. The van der Waals surface area contributed by atoms with E-state index in [0.717, 1.165) is 17.1 Å². The SMILES string of the molecule is Cc1nn(C)c(CC(O)c2c(C)nn(C)c2Cl)c1Cl. The molecule has 2 aromatic heterocycles. The van der Waals surface area contributed by atoms with Gasteiger partial charge in [0.1, 0.15) is 5.15 Å². The highest BCUT2D eigenvalue weighted by molar-refractivity contribution is 6.32. The molecule has 0 amide bonds. The molecule has 0 aliphatic heterocycles. The second-order valence-corrected chi connectivity index (χ2v) is 5.34. The van der Waals surface area contributed by atoms with Gasteiger partial charge in [-0.05, 0) is 13.8 Å². The van der Waals surface area contributed by atoms with E-state index in [4.69, 9.17) is 23.2 Å². The Bertz CT molecular complexity index is 618. The van der Waals surface area contributed by atoms with E-state index in [1.54, 1.807) is 23.5 Å². The van der Waals surface area contributed by atoms with Gasteiger partial charge < -0.3 is 5.11 Å². The summed E-state index contributed by atoms with van der Waals surface area (Å²) in [5.74, 6) is 0. The highest BCUT2D eigenvalue weighted by Crippen LogP contribution is 2.30. The fraction of sp³-hybridized carbons (Fsp3) is 0.500. The Hall–Kier alpha value is -1.04. The van der Waals surface area contributed by atoms with Crippen molar-refractivity contribution in [2.75, 3.05) is 0 Å². The molecule has 0 aromatic carbocycles. The molecule has 7 heteroatoms. The zero-order chi connectivity index (χ0) is 14.3. The van der Waals surface area contributed by atoms with Crippen LogP contribution in [0.1, 0.15) is 28.7 Å². The van der Waals surface area contributed by atoms with Crippen molar-refractivity contribution in [3.63, 3.8) is 0 Å². The van der Waals surface area contributed by atoms with Crippen LogP contribution in [0.15, 0.2) is 0 Å². The minimum Gasteiger partial charge on any atom is -0.388 e. The third-order valence-corrected chi connectivity index (χ3v) is 4.12. The zero-order valence-electron chi connectivity index (χ0n) is 11.3. The molecular formula is C12H16Cl2N4O. The van der Waals surface area contributed by atoms with Crippen LogP contribution in [0, 0.1) is 13.8 Å². The van der Waals surface area contributed by atoms with E-state index in [-0.39, 0.29) is 0 Å². The first-order valence-electron chi connectivity index (χ1n) is 5.88. The molecule has 0 fully saturated rings. The Balaban J connectivity index is 2.33. The standard InChI is InChI=1S/C12H16Cl2N4O/c1-6-10(12(14)18(4)15-6)9(19)5-8-11(13)7(2)16-17(8)3/h9,19H,5H2,1-4H3. The van der Waals surface area contributed by atoms with Crippen LogP contribution in [0.2, 0.25) is 10.2 Å². The third-order valence-electron chi connectivity index (χ3n) is 3.18. The predicted octanol–water partition coefficient (Wildman–Crippen LogP) is 2.35. The van der Waals surface area contributed by atoms with E-state index < -0.39 is 6.10 Å². The lowest BCUT2D eigenvalue weighted by Gasteiger charge is -2.11. The summed E-state index contributed by atoms with van der Waals surface area (Å²) in [6.07, 6.45) is -0.406. The lowest BCUT2D eigenvalue weighted by molar-refractivity contribution is 0.175. The topological polar surface area (TPSA) is 55.9 Å². The Kier molecular flexibility index (Phi) is 3.90. The number of rotatable bonds is 3. The maximum absolute atomic E-state index is 10.4. The van der Waals surface area contributed by atoms with E-state index in [1.165, 1.54) is 0 Å². The molecule has 1 N–H and O–H groups in total. The molecule has 2 rings (SSSR count). The van der Waals surface area contributed by atoms with Crippen molar-refractivity contribution in [2.24, 2.45) is 14.1 Å². The van der Waals surface area contributed by atoms with Gasteiger partial charge in [0.15, 0.2) is 0 Å².